The quantitative estimate of drug-likeness (QED) is 0.805. The fraction of sp³-hybridized carbons (Fsp3) is 0.333. The molecule has 2 aromatic rings. The summed E-state index contributed by atoms with van der Waals surface area (Å²) in [4.78, 5) is 1.26. The molecule has 0 aromatic heterocycles. The summed E-state index contributed by atoms with van der Waals surface area (Å²) >= 11 is 1.82. The van der Waals surface area contributed by atoms with E-state index in [-0.39, 0.29) is 0 Å². The van der Waals surface area contributed by atoms with Crippen molar-refractivity contribution in [2.45, 2.75) is 38.2 Å². The van der Waals surface area contributed by atoms with Gasteiger partial charge in [-0.3, -0.25) is 0 Å². The minimum absolute atomic E-state index is 0.435. The molecule has 1 atom stereocenters. The van der Waals surface area contributed by atoms with E-state index in [0.717, 1.165) is 11.3 Å². The molecule has 1 unspecified atom stereocenters. The molecule has 0 saturated heterocycles. The number of aryl methyl sites for hydroxylation is 2. The fourth-order valence-corrected chi connectivity index (χ4v) is 3.10. The lowest BCUT2D eigenvalue weighted by Crippen LogP contribution is -2.04. The first kappa shape index (κ1) is 15.1. The van der Waals surface area contributed by atoms with Crippen molar-refractivity contribution in [1.29, 1.82) is 0 Å². The molecule has 0 aliphatic heterocycles. The molecule has 2 rings (SSSR count). The molecule has 0 fully saturated rings. The number of hydrogen-bond acceptors (Lipinski definition) is 2. The zero-order valence-corrected chi connectivity index (χ0v) is 13.2. The van der Waals surface area contributed by atoms with Crippen LogP contribution in [-0.2, 0) is 6.42 Å². The average molecular weight is 286 g/mol. The maximum Gasteiger partial charge on any atom is 0.0830 e. The van der Waals surface area contributed by atoms with E-state index < -0.39 is 6.10 Å². The van der Waals surface area contributed by atoms with Gasteiger partial charge in [0.25, 0.3) is 0 Å². The molecule has 0 radical (unpaired) electrons. The second kappa shape index (κ2) is 6.96. The molecule has 0 heterocycles. The van der Waals surface area contributed by atoms with Crippen molar-refractivity contribution in [3.63, 3.8) is 0 Å². The second-order valence-electron chi connectivity index (χ2n) is 5.09. The van der Waals surface area contributed by atoms with Gasteiger partial charge in [-0.15, -0.1) is 11.8 Å². The third-order valence-corrected chi connectivity index (χ3v) is 4.51. The van der Waals surface area contributed by atoms with Gasteiger partial charge in [0.15, 0.2) is 0 Å². The molecule has 1 nitrogen and oxygen atoms in total. The van der Waals surface area contributed by atoms with Crippen LogP contribution < -0.4 is 0 Å². The van der Waals surface area contributed by atoms with Gasteiger partial charge in [0.2, 0.25) is 0 Å². The average Bonchev–Trinajstić information content (AvgIpc) is 2.44. The predicted octanol–water partition coefficient (Wildman–Crippen LogP) is 4.69. The highest BCUT2D eigenvalue weighted by atomic mass is 32.2. The van der Waals surface area contributed by atoms with Crippen LogP contribution in [0.5, 0.6) is 0 Å². The normalized spacial score (nSPS) is 12.4. The first-order chi connectivity index (χ1) is 9.61. The molecule has 0 aliphatic carbocycles. The van der Waals surface area contributed by atoms with E-state index in [0.29, 0.717) is 6.42 Å². The Kier molecular flexibility index (Phi) is 5.27. The molecule has 106 valence electrons. The summed E-state index contributed by atoms with van der Waals surface area (Å²) in [6.07, 6.45) is 0.245. The molecule has 0 saturated carbocycles. The van der Waals surface area contributed by atoms with Gasteiger partial charge < -0.3 is 5.11 Å². The predicted molar refractivity (Wildman–Crippen MR) is 87.4 cm³/mol. The van der Waals surface area contributed by atoms with E-state index >= 15 is 0 Å². The topological polar surface area (TPSA) is 20.2 Å². The van der Waals surface area contributed by atoms with Gasteiger partial charge in [0, 0.05) is 11.3 Å². The largest absolute Gasteiger partial charge is 0.388 e. The number of hydrogen-bond donors (Lipinski definition) is 1. The van der Waals surface area contributed by atoms with E-state index in [1.807, 2.05) is 23.9 Å². The van der Waals surface area contributed by atoms with Crippen LogP contribution in [0.25, 0.3) is 0 Å². The van der Waals surface area contributed by atoms with Crippen molar-refractivity contribution in [2.24, 2.45) is 0 Å². The summed E-state index contributed by atoms with van der Waals surface area (Å²) in [6, 6.07) is 14.5. The zero-order valence-electron chi connectivity index (χ0n) is 12.4. The number of thioether (sulfide) groups is 1. The van der Waals surface area contributed by atoms with Crippen molar-refractivity contribution in [3.8, 4) is 0 Å². The van der Waals surface area contributed by atoms with Crippen molar-refractivity contribution < 1.29 is 5.11 Å². The van der Waals surface area contributed by atoms with E-state index in [4.69, 9.17) is 0 Å². The Balaban J connectivity index is 2.13. The standard InChI is InChI=1S/C18H22OS/c1-4-20-16-10-8-15(9-11-16)18(19)12-17-13(2)6-5-7-14(17)3/h5-11,18-19H,4,12H2,1-3H3. The molecule has 0 amide bonds. The van der Waals surface area contributed by atoms with Crippen molar-refractivity contribution >= 4 is 11.8 Å². The Labute approximate surface area is 126 Å². The molecule has 1 N–H and O–H groups in total. The van der Waals surface area contributed by atoms with Crippen LogP contribution in [0.2, 0.25) is 0 Å². The Morgan fingerprint density at radius 2 is 1.60 bits per heavy atom. The number of benzene rings is 2. The molecule has 0 aliphatic rings. The highest BCUT2D eigenvalue weighted by molar-refractivity contribution is 7.99. The first-order valence-electron chi connectivity index (χ1n) is 7.07. The first-order valence-corrected chi connectivity index (χ1v) is 8.06. The minimum Gasteiger partial charge on any atom is -0.388 e. The van der Waals surface area contributed by atoms with Crippen molar-refractivity contribution in [3.05, 3.63) is 64.7 Å². The second-order valence-corrected chi connectivity index (χ2v) is 6.43. The maximum atomic E-state index is 10.4. The lowest BCUT2D eigenvalue weighted by atomic mass is 9.95. The monoisotopic (exact) mass is 286 g/mol. The Bertz CT molecular complexity index is 540. The fourth-order valence-electron chi connectivity index (χ4n) is 2.44. The third-order valence-electron chi connectivity index (χ3n) is 3.62. The van der Waals surface area contributed by atoms with Crippen LogP contribution in [0, 0.1) is 13.8 Å². The van der Waals surface area contributed by atoms with Gasteiger partial charge in [0.05, 0.1) is 6.10 Å². The highest BCUT2D eigenvalue weighted by Crippen LogP contribution is 2.25. The summed E-state index contributed by atoms with van der Waals surface area (Å²) in [5.74, 6) is 1.07. The molecule has 20 heavy (non-hydrogen) atoms. The lowest BCUT2D eigenvalue weighted by Gasteiger charge is -2.15. The van der Waals surface area contributed by atoms with Crippen molar-refractivity contribution in [1.82, 2.24) is 0 Å². The highest BCUT2D eigenvalue weighted by Gasteiger charge is 2.11. The summed E-state index contributed by atoms with van der Waals surface area (Å²) < 4.78 is 0. The minimum atomic E-state index is -0.435. The van der Waals surface area contributed by atoms with E-state index in [1.54, 1.807) is 0 Å². The smallest absolute Gasteiger partial charge is 0.0830 e. The van der Waals surface area contributed by atoms with E-state index in [2.05, 4.69) is 51.1 Å². The molecule has 2 aromatic carbocycles. The summed E-state index contributed by atoms with van der Waals surface area (Å²) in [6.45, 7) is 6.36. The number of rotatable bonds is 5. The van der Waals surface area contributed by atoms with Crippen LogP contribution >= 0.6 is 11.8 Å². The zero-order chi connectivity index (χ0) is 14.5. The van der Waals surface area contributed by atoms with Gasteiger partial charge in [-0.05, 0) is 54.0 Å². The van der Waals surface area contributed by atoms with Crippen molar-refractivity contribution in [2.75, 3.05) is 5.75 Å². The van der Waals surface area contributed by atoms with Crippen LogP contribution in [-0.4, -0.2) is 10.9 Å². The van der Waals surface area contributed by atoms with Gasteiger partial charge >= 0.3 is 0 Å². The van der Waals surface area contributed by atoms with Crippen LogP contribution in [0.3, 0.4) is 0 Å². The molecular formula is C18H22OS. The Hall–Kier alpha value is -1.25. The van der Waals surface area contributed by atoms with E-state index in [9.17, 15) is 5.11 Å². The van der Waals surface area contributed by atoms with Crippen LogP contribution in [0.1, 0.15) is 35.3 Å². The summed E-state index contributed by atoms with van der Waals surface area (Å²) in [5, 5.41) is 10.4. The molecule has 0 spiro atoms. The molecule has 0 bridgehead atoms. The van der Waals surface area contributed by atoms with Gasteiger partial charge in [0.1, 0.15) is 0 Å². The van der Waals surface area contributed by atoms with Gasteiger partial charge in [-0.1, -0.05) is 37.3 Å². The van der Waals surface area contributed by atoms with E-state index in [1.165, 1.54) is 21.6 Å². The maximum absolute atomic E-state index is 10.4. The third kappa shape index (κ3) is 3.65. The summed E-state index contributed by atoms with van der Waals surface area (Å²) in [5.41, 5.74) is 4.75. The Morgan fingerprint density at radius 1 is 1.00 bits per heavy atom. The molecular weight excluding hydrogens is 264 g/mol. The van der Waals surface area contributed by atoms with Crippen LogP contribution in [0.4, 0.5) is 0 Å². The number of aliphatic hydroxyl groups excluding tert-OH is 1. The summed E-state index contributed by atoms with van der Waals surface area (Å²) in [7, 11) is 0. The van der Waals surface area contributed by atoms with Gasteiger partial charge in [-0.25, -0.2) is 0 Å². The van der Waals surface area contributed by atoms with Gasteiger partial charge in [-0.2, -0.15) is 0 Å². The lowest BCUT2D eigenvalue weighted by molar-refractivity contribution is 0.178. The Morgan fingerprint density at radius 3 is 2.15 bits per heavy atom. The molecule has 2 heteroatoms. The number of aliphatic hydroxyl groups is 1. The SMILES string of the molecule is CCSc1ccc(C(O)Cc2c(C)cccc2C)cc1. The van der Waals surface area contributed by atoms with Crippen LogP contribution in [0.15, 0.2) is 47.4 Å².